The Bertz CT molecular complexity index is 1930. The first-order valence-corrected chi connectivity index (χ1v) is 17.6. The van der Waals surface area contributed by atoms with E-state index in [1.54, 1.807) is 12.1 Å². The smallest absolute Gasteiger partial charge is 0.261 e. The Kier molecular flexibility index (Phi) is 8.74. The van der Waals surface area contributed by atoms with E-state index in [-0.39, 0.29) is 17.9 Å². The number of hydrogen-bond acceptors (Lipinski definition) is 7. The Hall–Kier alpha value is -4.44. The third kappa shape index (κ3) is 5.80. The molecule has 8 rings (SSSR count). The van der Waals surface area contributed by atoms with Gasteiger partial charge >= 0.3 is 0 Å². The first-order valence-electron chi connectivity index (χ1n) is 17.6. The number of nitrogens with one attached hydrogen (secondary N) is 1. The molecule has 9 nitrogen and oxygen atoms in total. The summed E-state index contributed by atoms with van der Waals surface area (Å²) < 4.78 is 2.37. The van der Waals surface area contributed by atoms with Crippen LogP contribution in [0.3, 0.4) is 0 Å². The summed E-state index contributed by atoms with van der Waals surface area (Å²) in [6, 6.07) is 22.4. The number of fused-ring (bicyclic) bond motifs is 5. The average Bonchev–Trinajstić information content (AvgIpc) is 3.59. The fourth-order valence-corrected chi connectivity index (χ4v) is 8.16. The molecule has 0 radical (unpaired) electrons. The first-order chi connectivity index (χ1) is 23.7. The number of carbonyl (C=O) groups is 2. The van der Waals surface area contributed by atoms with Gasteiger partial charge in [0.25, 0.3) is 11.8 Å². The maximum atomic E-state index is 13.1. The van der Waals surface area contributed by atoms with Crippen molar-refractivity contribution in [3.05, 3.63) is 107 Å². The van der Waals surface area contributed by atoms with Crippen molar-refractivity contribution in [1.82, 2.24) is 34.6 Å². The fourth-order valence-electron chi connectivity index (χ4n) is 8.16. The van der Waals surface area contributed by atoms with E-state index in [9.17, 15) is 9.59 Å². The number of benzene rings is 2. The molecule has 5 heterocycles. The molecule has 0 saturated carbocycles. The number of hydrogen-bond donors (Lipinski definition) is 1. The normalized spacial score (nSPS) is 18.3. The van der Waals surface area contributed by atoms with Crippen LogP contribution in [0.1, 0.15) is 69.4 Å². The van der Waals surface area contributed by atoms with Gasteiger partial charge in [-0.15, -0.1) is 0 Å². The van der Waals surface area contributed by atoms with Crippen molar-refractivity contribution < 1.29 is 9.59 Å². The minimum Gasteiger partial charge on any atom is -0.339 e. The van der Waals surface area contributed by atoms with Crippen molar-refractivity contribution in [1.29, 1.82) is 0 Å². The van der Waals surface area contributed by atoms with Crippen LogP contribution in [-0.2, 0) is 19.5 Å². The maximum Gasteiger partial charge on any atom is 0.261 e. The third-order valence-electron chi connectivity index (χ3n) is 10.5. The predicted molar refractivity (Wildman–Crippen MR) is 188 cm³/mol. The summed E-state index contributed by atoms with van der Waals surface area (Å²) in [5, 5.41) is 5.87. The standard InChI is InChI=1S/C39H43N7O2/c47-38-31-12-1-2-13-32(31)39(48)46(38)24-8-23-45-34-14-4-3-11-29(34)30-16-18-41-33(37(30)45)27-44(22-7-21-43-25-19-40-20-26-43)35-15-5-9-28-10-6-17-42-36(28)35/h1-4,6,10-14,16-18,35,40H,5,7-9,15,19-27H2/t35-/m0/s1. The molecule has 1 aliphatic carbocycles. The zero-order chi connectivity index (χ0) is 32.5. The second-order valence-electron chi connectivity index (χ2n) is 13.4. The molecule has 0 spiro atoms. The highest BCUT2D eigenvalue weighted by atomic mass is 16.2. The zero-order valence-corrected chi connectivity index (χ0v) is 27.5. The van der Waals surface area contributed by atoms with Gasteiger partial charge in [-0.2, -0.15) is 0 Å². The summed E-state index contributed by atoms with van der Waals surface area (Å²) in [5.74, 6) is -0.393. The number of imide groups is 1. The number of nitrogens with zero attached hydrogens (tertiary/aromatic N) is 6. The molecule has 5 aromatic rings. The molecule has 246 valence electrons. The Balaban J connectivity index is 1.10. The Labute approximate surface area is 281 Å². The Morgan fingerprint density at radius 3 is 2.42 bits per heavy atom. The van der Waals surface area contributed by atoms with Gasteiger partial charge in [0.15, 0.2) is 0 Å². The van der Waals surface area contributed by atoms with Gasteiger partial charge in [0.1, 0.15) is 0 Å². The lowest BCUT2D eigenvalue weighted by Crippen LogP contribution is -2.44. The number of carbonyl (C=O) groups excluding carboxylic acids is 2. The van der Waals surface area contributed by atoms with Crippen LogP contribution in [-0.4, -0.2) is 86.9 Å². The van der Waals surface area contributed by atoms with Gasteiger partial charge in [-0.3, -0.25) is 29.4 Å². The number of aryl methyl sites for hydroxylation is 2. The number of para-hydroxylation sites is 1. The van der Waals surface area contributed by atoms with Gasteiger partial charge < -0.3 is 14.8 Å². The van der Waals surface area contributed by atoms with Crippen molar-refractivity contribution in [3.8, 4) is 0 Å². The monoisotopic (exact) mass is 641 g/mol. The minimum atomic E-state index is -0.196. The Morgan fingerprint density at radius 2 is 1.58 bits per heavy atom. The average molecular weight is 642 g/mol. The van der Waals surface area contributed by atoms with E-state index in [0.29, 0.717) is 30.6 Å². The lowest BCUT2D eigenvalue weighted by Gasteiger charge is -2.36. The van der Waals surface area contributed by atoms with Crippen LogP contribution in [0.4, 0.5) is 0 Å². The van der Waals surface area contributed by atoms with Crippen LogP contribution < -0.4 is 5.32 Å². The minimum absolute atomic E-state index is 0.196. The van der Waals surface area contributed by atoms with Crippen LogP contribution in [0.15, 0.2) is 79.1 Å². The molecule has 2 amide bonds. The van der Waals surface area contributed by atoms with Crippen molar-refractivity contribution in [2.75, 3.05) is 45.8 Å². The van der Waals surface area contributed by atoms with Gasteiger partial charge in [0.2, 0.25) is 0 Å². The number of rotatable bonds is 11. The predicted octanol–water partition coefficient (Wildman–Crippen LogP) is 5.45. The van der Waals surface area contributed by atoms with Gasteiger partial charge in [-0.25, -0.2) is 0 Å². The summed E-state index contributed by atoms with van der Waals surface area (Å²) in [6.45, 7) is 8.18. The molecule has 2 aromatic carbocycles. The summed E-state index contributed by atoms with van der Waals surface area (Å²) in [7, 11) is 0. The van der Waals surface area contributed by atoms with Crippen LogP contribution in [0.5, 0.6) is 0 Å². The summed E-state index contributed by atoms with van der Waals surface area (Å²) in [6.07, 6.45) is 8.99. The maximum absolute atomic E-state index is 13.1. The molecule has 1 saturated heterocycles. The van der Waals surface area contributed by atoms with E-state index < -0.39 is 0 Å². The number of amides is 2. The molecule has 3 aliphatic rings. The summed E-state index contributed by atoms with van der Waals surface area (Å²) in [5.41, 5.74) is 6.95. The van der Waals surface area contributed by atoms with Crippen LogP contribution in [0.25, 0.3) is 21.8 Å². The highest BCUT2D eigenvalue weighted by molar-refractivity contribution is 6.21. The highest BCUT2D eigenvalue weighted by Crippen LogP contribution is 2.36. The lowest BCUT2D eigenvalue weighted by molar-refractivity contribution is 0.0651. The molecule has 1 N–H and O–H groups in total. The van der Waals surface area contributed by atoms with Crippen molar-refractivity contribution in [2.24, 2.45) is 0 Å². The van der Waals surface area contributed by atoms with Crippen LogP contribution in [0.2, 0.25) is 0 Å². The largest absolute Gasteiger partial charge is 0.339 e. The molecule has 0 unspecified atom stereocenters. The van der Waals surface area contributed by atoms with E-state index in [0.717, 1.165) is 88.2 Å². The lowest BCUT2D eigenvalue weighted by atomic mass is 9.90. The molecule has 1 atom stereocenters. The molecule has 9 heteroatoms. The van der Waals surface area contributed by atoms with Gasteiger partial charge in [0, 0.05) is 81.0 Å². The third-order valence-corrected chi connectivity index (χ3v) is 10.5. The van der Waals surface area contributed by atoms with Crippen molar-refractivity contribution in [3.63, 3.8) is 0 Å². The highest BCUT2D eigenvalue weighted by Gasteiger charge is 2.35. The van der Waals surface area contributed by atoms with Crippen molar-refractivity contribution in [2.45, 2.75) is 51.2 Å². The number of pyridine rings is 2. The van der Waals surface area contributed by atoms with Crippen LogP contribution >= 0.6 is 0 Å². The van der Waals surface area contributed by atoms with E-state index in [4.69, 9.17) is 9.97 Å². The van der Waals surface area contributed by atoms with E-state index in [2.05, 4.69) is 62.1 Å². The van der Waals surface area contributed by atoms with Gasteiger partial charge in [0.05, 0.1) is 34.1 Å². The molecule has 2 aliphatic heterocycles. The van der Waals surface area contributed by atoms with Crippen molar-refractivity contribution >= 4 is 33.6 Å². The topological polar surface area (TPSA) is 86.6 Å². The van der Waals surface area contributed by atoms with Gasteiger partial charge in [-0.1, -0.05) is 36.4 Å². The zero-order valence-electron chi connectivity index (χ0n) is 27.5. The molecule has 3 aromatic heterocycles. The first kappa shape index (κ1) is 30.9. The fraction of sp³-hybridized carbons (Fsp3) is 0.385. The van der Waals surface area contributed by atoms with Crippen LogP contribution in [0, 0.1) is 0 Å². The molecular weight excluding hydrogens is 598 g/mol. The molecule has 48 heavy (non-hydrogen) atoms. The number of aromatic nitrogens is 3. The van der Waals surface area contributed by atoms with E-state index >= 15 is 0 Å². The molecule has 0 bridgehead atoms. The summed E-state index contributed by atoms with van der Waals surface area (Å²) >= 11 is 0. The van der Waals surface area contributed by atoms with E-state index in [1.165, 1.54) is 26.9 Å². The molecular formula is C39H43N7O2. The van der Waals surface area contributed by atoms with E-state index in [1.807, 2.05) is 24.5 Å². The second-order valence-corrected chi connectivity index (χ2v) is 13.4. The molecule has 1 fully saturated rings. The number of piperazine rings is 1. The summed E-state index contributed by atoms with van der Waals surface area (Å²) in [4.78, 5) is 42.8. The SMILES string of the molecule is O=C1c2ccccc2C(=O)N1CCCn1c2ccccc2c2ccnc(CN(CCCN3CCNCC3)[C@H]3CCCc4cccnc43)c21. The second kappa shape index (κ2) is 13.6. The quantitative estimate of drug-likeness (QED) is 0.192. The Morgan fingerprint density at radius 1 is 0.792 bits per heavy atom. The van der Waals surface area contributed by atoms with Gasteiger partial charge in [-0.05, 0) is 74.5 Å².